The molecule has 0 unspecified atom stereocenters. The van der Waals surface area contributed by atoms with Crippen LogP contribution < -0.4 is 4.74 Å². The largest absolute Gasteiger partial charge is 2.00 e. The van der Waals surface area contributed by atoms with Crippen molar-refractivity contribution in [3.63, 3.8) is 0 Å². The summed E-state index contributed by atoms with van der Waals surface area (Å²) in [6.07, 6.45) is 5.66. The number of fused-ring (bicyclic) bond motifs is 8. The maximum Gasteiger partial charge on any atom is 2.00 e. The summed E-state index contributed by atoms with van der Waals surface area (Å²) in [5.74, 6) is 1.99. The van der Waals surface area contributed by atoms with Gasteiger partial charge in [0.2, 0.25) is 0 Å². The van der Waals surface area contributed by atoms with Gasteiger partial charge in [-0.1, -0.05) is 83.0 Å². The topological polar surface area (TPSA) is 57.2 Å². The molecule has 0 spiro atoms. The molecule has 6 nitrogen and oxygen atoms in total. The van der Waals surface area contributed by atoms with Crippen LogP contribution in [0.3, 0.4) is 0 Å². The van der Waals surface area contributed by atoms with Crippen molar-refractivity contribution in [3.05, 3.63) is 140 Å². The minimum Gasteiger partial charge on any atom is -0.503 e. The van der Waals surface area contributed by atoms with Gasteiger partial charge in [0.15, 0.2) is 0 Å². The van der Waals surface area contributed by atoms with E-state index in [0.717, 1.165) is 66.3 Å². The molecule has 9 aromatic rings. The van der Waals surface area contributed by atoms with Crippen molar-refractivity contribution in [1.29, 1.82) is 0 Å². The van der Waals surface area contributed by atoms with E-state index in [4.69, 9.17) is 9.72 Å². The number of ether oxygens (including phenoxy) is 1. The fraction of sp³-hybridized carbons (Fsp3) is 0. The Hall–Kier alpha value is -5.32. The van der Waals surface area contributed by atoms with E-state index in [1.165, 1.54) is 0 Å². The molecule has 0 radical (unpaired) electrons. The second kappa shape index (κ2) is 10.4. The number of rotatable bonds is 4. The Kier molecular flexibility index (Phi) is 6.24. The summed E-state index contributed by atoms with van der Waals surface area (Å²) in [5.41, 5.74) is 6.44. The fourth-order valence-electron chi connectivity index (χ4n) is 6.01. The van der Waals surface area contributed by atoms with E-state index >= 15 is 0 Å². The predicted octanol–water partition coefficient (Wildman–Crippen LogP) is 8.58. The molecule has 9 rings (SSSR count). The quantitative estimate of drug-likeness (QED) is 0.170. The van der Waals surface area contributed by atoms with Gasteiger partial charge in [-0.2, -0.15) is 6.07 Å². The summed E-state index contributed by atoms with van der Waals surface area (Å²) < 4.78 is 10.8. The Morgan fingerprint density at radius 2 is 1.45 bits per heavy atom. The van der Waals surface area contributed by atoms with Crippen molar-refractivity contribution >= 4 is 49.3 Å². The van der Waals surface area contributed by atoms with Crippen molar-refractivity contribution in [2.45, 2.75) is 0 Å². The summed E-state index contributed by atoms with van der Waals surface area (Å²) >= 11 is 0. The molecular formula is C37H21N5OPt. The number of hydrogen-bond donors (Lipinski definition) is 0. The molecule has 0 atom stereocenters. The molecule has 0 aliphatic rings. The third-order valence-electron chi connectivity index (χ3n) is 7.87. The van der Waals surface area contributed by atoms with Crippen LogP contribution in [0.5, 0.6) is 11.5 Å². The summed E-state index contributed by atoms with van der Waals surface area (Å²) in [4.78, 5) is 14.3. The third-order valence-corrected chi connectivity index (χ3v) is 7.87. The van der Waals surface area contributed by atoms with Gasteiger partial charge in [-0.25, -0.2) is 9.97 Å². The van der Waals surface area contributed by atoms with Crippen LogP contribution in [0.25, 0.3) is 66.3 Å². The molecule has 0 saturated carbocycles. The first kappa shape index (κ1) is 26.3. The first-order valence-electron chi connectivity index (χ1n) is 14.0. The monoisotopic (exact) mass is 746 g/mol. The molecule has 0 saturated heterocycles. The maximum atomic E-state index is 6.51. The number of pyridine rings is 3. The SMILES string of the molecule is [Pt+2].[c-]1c(Oc2[c-]c3c(cc2)c2ccccc2n3-c2ccccn2)cc2ccn3c4ccccc4nc3c2c1-c1ccccn1. The first-order chi connectivity index (χ1) is 21.3. The zero-order chi connectivity index (χ0) is 28.3. The molecule has 0 N–H and O–H groups in total. The average Bonchev–Trinajstić information content (AvgIpc) is 3.61. The van der Waals surface area contributed by atoms with E-state index in [9.17, 15) is 0 Å². The molecule has 7 heteroatoms. The van der Waals surface area contributed by atoms with Gasteiger partial charge in [-0.15, -0.1) is 23.1 Å². The molecule has 210 valence electrons. The molecule has 5 heterocycles. The Morgan fingerprint density at radius 3 is 2.30 bits per heavy atom. The number of imidazole rings is 1. The number of nitrogens with zero attached hydrogens (tertiary/aromatic N) is 5. The Morgan fingerprint density at radius 1 is 0.659 bits per heavy atom. The van der Waals surface area contributed by atoms with Crippen molar-refractivity contribution in [3.8, 4) is 28.6 Å². The van der Waals surface area contributed by atoms with Crippen LogP contribution in [0.15, 0.2) is 128 Å². The zero-order valence-electron chi connectivity index (χ0n) is 23.1. The minimum atomic E-state index is 0. The van der Waals surface area contributed by atoms with Crippen LogP contribution >= 0.6 is 0 Å². The van der Waals surface area contributed by atoms with Gasteiger partial charge in [-0.3, -0.25) is 0 Å². The van der Waals surface area contributed by atoms with E-state index < -0.39 is 0 Å². The second-order valence-corrected chi connectivity index (χ2v) is 10.4. The van der Waals surface area contributed by atoms with E-state index in [0.29, 0.717) is 11.5 Å². The van der Waals surface area contributed by atoms with Gasteiger partial charge < -0.3 is 18.7 Å². The van der Waals surface area contributed by atoms with Crippen LogP contribution in [0, 0.1) is 12.1 Å². The van der Waals surface area contributed by atoms with Gasteiger partial charge in [0.1, 0.15) is 11.5 Å². The second-order valence-electron chi connectivity index (χ2n) is 10.4. The van der Waals surface area contributed by atoms with Gasteiger partial charge in [0, 0.05) is 35.6 Å². The smallest absolute Gasteiger partial charge is 0.503 e. The summed E-state index contributed by atoms with van der Waals surface area (Å²) in [6, 6.07) is 43.5. The first-order valence-corrected chi connectivity index (χ1v) is 14.0. The van der Waals surface area contributed by atoms with Crippen molar-refractivity contribution in [2.24, 2.45) is 0 Å². The molecule has 5 aromatic heterocycles. The summed E-state index contributed by atoms with van der Waals surface area (Å²) in [6.45, 7) is 0. The number of para-hydroxylation sites is 3. The van der Waals surface area contributed by atoms with Crippen LogP contribution in [0.4, 0.5) is 0 Å². The molecular weight excluding hydrogens is 726 g/mol. The normalized spacial score (nSPS) is 11.5. The summed E-state index contributed by atoms with van der Waals surface area (Å²) in [5, 5.41) is 4.18. The average molecular weight is 747 g/mol. The van der Waals surface area contributed by atoms with Gasteiger partial charge in [0.25, 0.3) is 0 Å². The minimum absolute atomic E-state index is 0. The standard InChI is InChI=1S/C37H21N5O.Pt/c1-3-12-32-27(9-1)28-16-15-25(23-34(28)42(32)35-14-6-8-19-39-35)43-26-21-24-17-20-41-33-13-4-2-11-31(33)40-37(41)36(24)29(22-26)30-10-5-7-18-38-30;/h1-21H;/q-2;+2. The Labute approximate surface area is 266 Å². The van der Waals surface area contributed by atoms with Crippen LogP contribution in [0.2, 0.25) is 0 Å². The van der Waals surface area contributed by atoms with E-state index in [-0.39, 0.29) is 21.1 Å². The third kappa shape index (κ3) is 4.10. The van der Waals surface area contributed by atoms with Gasteiger partial charge in [0.05, 0.1) is 11.0 Å². The van der Waals surface area contributed by atoms with Crippen molar-refractivity contribution < 1.29 is 25.8 Å². The number of hydrogen-bond acceptors (Lipinski definition) is 4. The van der Waals surface area contributed by atoms with Gasteiger partial charge in [-0.05, 0) is 47.5 Å². The fourth-order valence-corrected chi connectivity index (χ4v) is 6.01. The van der Waals surface area contributed by atoms with Gasteiger partial charge >= 0.3 is 21.1 Å². The molecule has 44 heavy (non-hydrogen) atoms. The van der Waals surface area contributed by atoms with E-state index in [2.05, 4.69) is 73.7 Å². The molecule has 4 aromatic carbocycles. The molecule has 0 amide bonds. The maximum absolute atomic E-state index is 6.51. The van der Waals surface area contributed by atoms with Crippen molar-refractivity contribution in [2.75, 3.05) is 0 Å². The molecule has 0 aliphatic heterocycles. The molecule has 0 bridgehead atoms. The summed E-state index contributed by atoms with van der Waals surface area (Å²) in [7, 11) is 0. The predicted molar refractivity (Wildman–Crippen MR) is 170 cm³/mol. The van der Waals surface area contributed by atoms with Crippen LogP contribution in [0.1, 0.15) is 0 Å². The van der Waals surface area contributed by atoms with Crippen LogP contribution in [-0.4, -0.2) is 23.9 Å². The van der Waals surface area contributed by atoms with Crippen LogP contribution in [-0.2, 0) is 21.1 Å². The van der Waals surface area contributed by atoms with Crippen molar-refractivity contribution in [1.82, 2.24) is 23.9 Å². The number of benzene rings is 4. The Balaban J connectivity index is 0.00000289. The zero-order valence-corrected chi connectivity index (χ0v) is 25.4. The van der Waals surface area contributed by atoms with E-state index in [1.54, 1.807) is 12.4 Å². The number of aromatic nitrogens is 5. The molecule has 0 fully saturated rings. The van der Waals surface area contributed by atoms with E-state index in [1.807, 2.05) is 72.8 Å². The Bertz CT molecular complexity index is 2490. The molecule has 0 aliphatic carbocycles.